The molecule has 0 fully saturated rings. The number of rotatable bonds is 2. The number of anilines is 1. The Kier molecular flexibility index (Phi) is 2.71. The van der Waals surface area contributed by atoms with Crippen molar-refractivity contribution in [1.29, 1.82) is 0 Å². The maximum atomic E-state index is 5.81. The van der Waals surface area contributed by atoms with Gasteiger partial charge in [-0.05, 0) is 37.5 Å². The summed E-state index contributed by atoms with van der Waals surface area (Å²) in [4.78, 5) is 0. The Labute approximate surface area is 73.6 Å². The Bertz CT molecular complexity index is 267. The molecule has 1 aromatic rings. The summed E-state index contributed by atoms with van der Waals surface area (Å²) in [7, 11) is 0. The van der Waals surface area contributed by atoms with Gasteiger partial charge in [-0.3, -0.25) is 0 Å². The van der Waals surface area contributed by atoms with Gasteiger partial charge < -0.3 is 11.5 Å². The van der Waals surface area contributed by atoms with Crippen LogP contribution in [0, 0.1) is 6.92 Å². The van der Waals surface area contributed by atoms with Gasteiger partial charge in [0.05, 0.1) is 0 Å². The molecule has 0 radical (unpaired) electrons. The van der Waals surface area contributed by atoms with Gasteiger partial charge in [0.15, 0.2) is 0 Å². The van der Waals surface area contributed by atoms with Crippen LogP contribution < -0.4 is 11.5 Å². The monoisotopic (exact) mass is 164 g/mol. The molecule has 66 valence electrons. The lowest BCUT2D eigenvalue weighted by molar-refractivity contribution is 0.739. The minimum atomic E-state index is 0.176. The van der Waals surface area contributed by atoms with Gasteiger partial charge in [0.25, 0.3) is 0 Å². The second-order valence-electron chi connectivity index (χ2n) is 3.38. The SMILES string of the molecule is Cc1ccc(C[C@H](C)N)c(N)c1. The zero-order valence-electron chi connectivity index (χ0n) is 7.67. The highest BCUT2D eigenvalue weighted by atomic mass is 14.6. The van der Waals surface area contributed by atoms with Crippen LogP contribution in [0.15, 0.2) is 18.2 Å². The fourth-order valence-corrected chi connectivity index (χ4v) is 1.25. The molecule has 0 spiro atoms. The van der Waals surface area contributed by atoms with Gasteiger partial charge in [0.2, 0.25) is 0 Å². The number of benzene rings is 1. The first kappa shape index (κ1) is 9.07. The highest BCUT2D eigenvalue weighted by Crippen LogP contribution is 2.14. The van der Waals surface area contributed by atoms with Crippen molar-refractivity contribution in [3.63, 3.8) is 0 Å². The van der Waals surface area contributed by atoms with E-state index >= 15 is 0 Å². The van der Waals surface area contributed by atoms with E-state index in [9.17, 15) is 0 Å². The molecule has 0 unspecified atom stereocenters. The van der Waals surface area contributed by atoms with E-state index < -0.39 is 0 Å². The van der Waals surface area contributed by atoms with Crippen LogP contribution in [-0.4, -0.2) is 6.04 Å². The summed E-state index contributed by atoms with van der Waals surface area (Å²) in [5.41, 5.74) is 14.7. The second-order valence-corrected chi connectivity index (χ2v) is 3.38. The van der Waals surface area contributed by atoms with E-state index in [1.807, 2.05) is 26.0 Å². The molecule has 0 amide bonds. The first-order chi connectivity index (χ1) is 5.59. The van der Waals surface area contributed by atoms with Crippen molar-refractivity contribution < 1.29 is 0 Å². The molecule has 4 N–H and O–H groups in total. The van der Waals surface area contributed by atoms with Crippen LogP contribution in [0.25, 0.3) is 0 Å². The first-order valence-electron chi connectivity index (χ1n) is 4.20. The summed E-state index contributed by atoms with van der Waals surface area (Å²) in [6.45, 7) is 4.02. The number of nitrogens with two attached hydrogens (primary N) is 2. The largest absolute Gasteiger partial charge is 0.398 e. The summed E-state index contributed by atoms with van der Waals surface area (Å²) in [5, 5.41) is 0. The quantitative estimate of drug-likeness (QED) is 0.650. The van der Waals surface area contributed by atoms with E-state index in [4.69, 9.17) is 11.5 Å². The van der Waals surface area contributed by atoms with E-state index in [2.05, 4.69) is 6.07 Å². The Hall–Kier alpha value is -1.02. The van der Waals surface area contributed by atoms with Crippen LogP contribution in [0.1, 0.15) is 18.1 Å². The van der Waals surface area contributed by atoms with Gasteiger partial charge in [0.1, 0.15) is 0 Å². The van der Waals surface area contributed by atoms with Crippen molar-refractivity contribution in [1.82, 2.24) is 0 Å². The van der Waals surface area contributed by atoms with E-state index in [0.29, 0.717) is 0 Å². The summed E-state index contributed by atoms with van der Waals surface area (Å²) < 4.78 is 0. The van der Waals surface area contributed by atoms with E-state index in [1.54, 1.807) is 0 Å². The smallest absolute Gasteiger partial charge is 0.0349 e. The zero-order valence-corrected chi connectivity index (χ0v) is 7.67. The predicted molar refractivity (Wildman–Crippen MR) is 52.9 cm³/mol. The van der Waals surface area contributed by atoms with Crippen molar-refractivity contribution in [2.45, 2.75) is 26.3 Å². The third kappa shape index (κ3) is 2.24. The molecule has 1 aromatic carbocycles. The number of nitrogen functional groups attached to an aromatic ring is 1. The van der Waals surface area contributed by atoms with E-state index in [-0.39, 0.29) is 6.04 Å². The Morgan fingerprint density at radius 3 is 2.58 bits per heavy atom. The zero-order chi connectivity index (χ0) is 9.14. The minimum Gasteiger partial charge on any atom is -0.398 e. The fourth-order valence-electron chi connectivity index (χ4n) is 1.25. The van der Waals surface area contributed by atoms with Gasteiger partial charge in [-0.25, -0.2) is 0 Å². The van der Waals surface area contributed by atoms with Crippen molar-refractivity contribution in [3.8, 4) is 0 Å². The number of hydrogen-bond acceptors (Lipinski definition) is 2. The normalized spacial score (nSPS) is 12.9. The van der Waals surface area contributed by atoms with Crippen molar-refractivity contribution in [3.05, 3.63) is 29.3 Å². The standard InChI is InChI=1S/C10H16N2/c1-7-3-4-9(6-8(2)11)10(12)5-7/h3-5,8H,6,11-12H2,1-2H3/t8-/m0/s1. The second kappa shape index (κ2) is 3.59. The lowest BCUT2D eigenvalue weighted by Crippen LogP contribution is -2.18. The third-order valence-electron chi connectivity index (χ3n) is 1.84. The fraction of sp³-hybridized carbons (Fsp3) is 0.400. The maximum Gasteiger partial charge on any atom is 0.0349 e. The van der Waals surface area contributed by atoms with Crippen LogP contribution in [0.2, 0.25) is 0 Å². The average Bonchev–Trinajstić information content (AvgIpc) is 1.94. The molecular formula is C10H16N2. The molecule has 0 aromatic heterocycles. The number of hydrogen-bond donors (Lipinski definition) is 2. The Morgan fingerprint density at radius 2 is 2.08 bits per heavy atom. The molecular weight excluding hydrogens is 148 g/mol. The van der Waals surface area contributed by atoms with Gasteiger partial charge in [0, 0.05) is 11.7 Å². The molecule has 1 atom stereocenters. The molecule has 12 heavy (non-hydrogen) atoms. The Balaban J connectivity index is 2.86. The number of aryl methyl sites for hydroxylation is 1. The molecule has 0 aliphatic rings. The van der Waals surface area contributed by atoms with Crippen molar-refractivity contribution in [2.24, 2.45) is 5.73 Å². The topological polar surface area (TPSA) is 52.0 Å². The van der Waals surface area contributed by atoms with Crippen LogP contribution in [0.5, 0.6) is 0 Å². The lowest BCUT2D eigenvalue weighted by atomic mass is 10.0. The molecule has 0 saturated heterocycles. The van der Waals surface area contributed by atoms with Crippen molar-refractivity contribution in [2.75, 3.05) is 5.73 Å². The summed E-state index contributed by atoms with van der Waals surface area (Å²) >= 11 is 0. The van der Waals surface area contributed by atoms with E-state index in [1.165, 1.54) is 5.56 Å². The van der Waals surface area contributed by atoms with Gasteiger partial charge in [-0.15, -0.1) is 0 Å². The lowest BCUT2D eigenvalue weighted by Gasteiger charge is -2.08. The highest BCUT2D eigenvalue weighted by Gasteiger charge is 2.01. The molecule has 1 rings (SSSR count). The third-order valence-corrected chi connectivity index (χ3v) is 1.84. The first-order valence-corrected chi connectivity index (χ1v) is 4.20. The molecule has 2 nitrogen and oxygen atoms in total. The molecule has 0 saturated carbocycles. The molecule has 2 heteroatoms. The molecule has 0 aliphatic heterocycles. The summed E-state index contributed by atoms with van der Waals surface area (Å²) in [6.07, 6.45) is 0.853. The average molecular weight is 164 g/mol. The summed E-state index contributed by atoms with van der Waals surface area (Å²) in [6, 6.07) is 6.27. The van der Waals surface area contributed by atoms with Crippen LogP contribution in [0.4, 0.5) is 5.69 Å². The van der Waals surface area contributed by atoms with Gasteiger partial charge in [-0.1, -0.05) is 12.1 Å². The maximum absolute atomic E-state index is 5.81. The molecule has 0 heterocycles. The minimum absolute atomic E-state index is 0.176. The van der Waals surface area contributed by atoms with Gasteiger partial charge in [-0.2, -0.15) is 0 Å². The van der Waals surface area contributed by atoms with E-state index in [0.717, 1.165) is 17.7 Å². The predicted octanol–water partition coefficient (Wildman–Crippen LogP) is 1.47. The molecule has 0 bridgehead atoms. The van der Waals surface area contributed by atoms with Crippen molar-refractivity contribution >= 4 is 5.69 Å². The summed E-state index contributed by atoms with van der Waals surface area (Å²) in [5.74, 6) is 0. The Morgan fingerprint density at radius 1 is 1.42 bits per heavy atom. The molecule has 0 aliphatic carbocycles. The van der Waals surface area contributed by atoms with Crippen LogP contribution in [0.3, 0.4) is 0 Å². The van der Waals surface area contributed by atoms with Gasteiger partial charge >= 0.3 is 0 Å². The van der Waals surface area contributed by atoms with Crippen LogP contribution >= 0.6 is 0 Å². The van der Waals surface area contributed by atoms with Crippen LogP contribution in [-0.2, 0) is 6.42 Å². The highest BCUT2D eigenvalue weighted by molar-refractivity contribution is 5.49.